The number of hydrogen-bond donors (Lipinski definition) is 0. The molecule has 44 heavy (non-hydrogen) atoms. The molecule has 6 nitrogen and oxygen atoms in total. The van der Waals surface area contributed by atoms with Crippen LogP contribution in [0, 0.1) is 12.3 Å². The molecule has 1 unspecified atom stereocenters. The van der Waals surface area contributed by atoms with E-state index in [0.717, 1.165) is 22.3 Å². The zero-order valence-electron chi connectivity index (χ0n) is 24.9. The average molecular weight is 593 g/mol. The van der Waals surface area contributed by atoms with E-state index in [1.165, 1.54) is 0 Å². The lowest BCUT2D eigenvalue weighted by atomic mass is 9.97. The lowest BCUT2D eigenvalue weighted by Crippen LogP contribution is -2.61. The zero-order valence-corrected chi connectivity index (χ0v) is 24.9. The minimum Gasteiger partial charge on any atom is -0.374 e. The Balaban J connectivity index is 1.42. The van der Waals surface area contributed by atoms with E-state index in [-0.39, 0.29) is 6.61 Å². The van der Waals surface area contributed by atoms with Crippen LogP contribution in [0.4, 0.5) is 0 Å². The summed E-state index contributed by atoms with van der Waals surface area (Å²) >= 11 is 0. The van der Waals surface area contributed by atoms with Gasteiger partial charge in [0.2, 0.25) is 0 Å². The Kier molecular flexibility index (Phi) is 12.6. The number of hydrogen-bond acceptors (Lipinski definition) is 6. The molecular formula is C38H40O6. The molecule has 228 valence electrons. The Hall–Kier alpha value is -3.80. The molecule has 5 atom stereocenters. The van der Waals surface area contributed by atoms with E-state index >= 15 is 0 Å². The summed E-state index contributed by atoms with van der Waals surface area (Å²) < 4.78 is 39.0. The Morgan fingerprint density at radius 1 is 0.523 bits per heavy atom. The standard InChI is InChI=1S/C38H40O6/c1-2-3-24-40-38-37(43-28-33-22-14-7-15-23-33)36(42-27-32-20-12-6-13-21-32)35(41-26-31-18-10-5-11-19-31)34(44-38)29-39-25-30-16-8-4-9-17-30/h1,4-23,34-38H,3,24-29H2/t34-,35-,36+,37-,38?/m1/s1. The van der Waals surface area contributed by atoms with Crippen LogP contribution in [-0.4, -0.2) is 43.9 Å². The van der Waals surface area contributed by atoms with Gasteiger partial charge in [0, 0.05) is 6.42 Å². The number of terminal acetylenes is 1. The second-order valence-corrected chi connectivity index (χ2v) is 10.7. The van der Waals surface area contributed by atoms with Gasteiger partial charge in [-0.15, -0.1) is 12.3 Å². The van der Waals surface area contributed by atoms with Crippen LogP contribution in [-0.2, 0) is 54.8 Å². The molecule has 1 aliphatic rings. The molecule has 0 N–H and O–H groups in total. The SMILES string of the molecule is C#CCCOC1O[C@H](COCc2ccccc2)[C@@H](OCc2ccccc2)[C@H](OCc2ccccc2)[C@H]1OCc1ccccc1. The van der Waals surface area contributed by atoms with Crippen molar-refractivity contribution in [2.75, 3.05) is 13.2 Å². The lowest BCUT2D eigenvalue weighted by Gasteiger charge is -2.45. The third-order valence-corrected chi connectivity index (χ3v) is 7.37. The minimum absolute atomic E-state index is 0.278. The van der Waals surface area contributed by atoms with Crippen LogP contribution in [0.25, 0.3) is 0 Å². The molecule has 0 amide bonds. The van der Waals surface area contributed by atoms with Crippen molar-refractivity contribution >= 4 is 0 Å². The van der Waals surface area contributed by atoms with Gasteiger partial charge in [-0.1, -0.05) is 121 Å². The van der Waals surface area contributed by atoms with Crippen molar-refractivity contribution in [2.45, 2.75) is 63.6 Å². The number of rotatable bonds is 16. The lowest BCUT2D eigenvalue weighted by molar-refractivity contribution is -0.328. The van der Waals surface area contributed by atoms with Crippen molar-refractivity contribution < 1.29 is 28.4 Å². The summed E-state index contributed by atoms with van der Waals surface area (Å²) in [5, 5.41) is 0. The average Bonchev–Trinajstić information content (AvgIpc) is 3.08. The van der Waals surface area contributed by atoms with Crippen LogP contribution in [0.3, 0.4) is 0 Å². The van der Waals surface area contributed by atoms with Crippen LogP contribution in [0.15, 0.2) is 121 Å². The fourth-order valence-electron chi connectivity index (χ4n) is 5.12. The van der Waals surface area contributed by atoms with Gasteiger partial charge >= 0.3 is 0 Å². The predicted octanol–water partition coefficient (Wildman–Crippen LogP) is 6.72. The van der Waals surface area contributed by atoms with Gasteiger partial charge in [-0.3, -0.25) is 0 Å². The molecule has 0 bridgehead atoms. The molecule has 0 spiro atoms. The van der Waals surface area contributed by atoms with E-state index < -0.39 is 30.7 Å². The van der Waals surface area contributed by atoms with E-state index in [1.54, 1.807) is 0 Å². The van der Waals surface area contributed by atoms with E-state index in [9.17, 15) is 0 Å². The number of ether oxygens (including phenoxy) is 6. The molecule has 0 radical (unpaired) electrons. The maximum absolute atomic E-state index is 6.70. The van der Waals surface area contributed by atoms with Crippen LogP contribution < -0.4 is 0 Å². The quantitative estimate of drug-likeness (QED) is 0.106. The van der Waals surface area contributed by atoms with Gasteiger partial charge in [0.25, 0.3) is 0 Å². The van der Waals surface area contributed by atoms with Crippen molar-refractivity contribution in [3.8, 4) is 12.3 Å². The Morgan fingerprint density at radius 3 is 1.43 bits per heavy atom. The summed E-state index contributed by atoms with van der Waals surface area (Å²) in [6, 6.07) is 40.2. The second kappa shape index (κ2) is 17.5. The summed E-state index contributed by atoms with van der Waals surface area (Å²) in [7, 11) is 0. The van der Waals surface area contributed by atoms with Crippen LogP contribution in [0.1, 0.15) is 28.7 Å². The van der Waals surface area contributed by atoms with Gasteiger partial charge in [-0.2, -0.15) is 0 Å². The van der Waals surface area contributed by atoms with Crippen LogP contribution >= 0.6 is 0 Å². The summed E-state index contributed by atoms with van der Waals surface area (Å²) in [5.41, 5.74) is 4.20. The van der Waals surface area contributed by atoms with Gasteiger partial charge in [-0.05, 0) is 22.3 Å². The van der Waals surface area contributed by atoms with Crippen LogP contribution in [0.2, 0.25) is 0 Å². The molecule has 0 aromatic heterocycles. The van der Waals surface area contributed by atoms with E-state index in [2.05, 4.69) is 5.92 Å². The maximum Gasteiger partial charge on any atom is 0.186 e. The number of benzene rings is 4. The fraction of sp³-hybridized carbons (Fsp3) is 0.316. The minimum atomic E-state index is -0.741. The molecule has 1 fully saturated rings. The van der Waals surface area contributed by atoms with Gasteiger partial charge < -0.3 is 28.4 Å². The van der Waals surface area contributed by atoms with Crippen molar-refractivity contribution in [1.29, 1.82) is 0 Å². The fourth-order valence-corrected chi connectivity index (χ4v) is 5.12. The molecule has 4 aromatic carbocycles. The predicted molar refractivity (Wildman–Crippen MR) is 169 cm³/mol. The summed E-state index contributed by atoms with van der Waals surface area (Å²) in [4.78, 5) is 0. The zero-order chi connectivity index (χ0) is 30.2. The third-order valence-electron chi connectivity index (χ3n) is 7.37. The second-order valence-electron chi connectivity index (χ2n) is 10.7. The third kappa shape index (κ3) is 9.60. The first-order chi connectivity index (χ1) is 21.8. The molecule has 1 aliphatic heterocycles. The Bertz CT molecular complexity index is 1380. The van der Waals surface area contributed by atoms with Crippen molar-refractivity contribution in [3.05, 3.63) is 144 Å². The highest BCUT2D eigenvalue weighted by Gasteiger charge is 2.49. The van der Waals surface area contributed by atoms with Crippen molar-refractivity contribution in [3.63, 3.8) is 0 Å². The summed E-state index contributed by atoms with van der Waals surface area (Å²) in [5.74, 6) is 2.65. The van der Waals surface area contributed by atoms with E-state index in [4.69, 9.17) is 34.8 Å². The maximum atomic E-state index is 6.70. The Morgan fingerprint density at radius 2 is 0.955 bits per heavy atom. The summed E-state index contributed by atoms with van der Waals surface area (Å²) in [6.45, 7) is 2.15. The molecule has 1 heterocycles. The first kappa shape index (κ1) is 31.6. The van der Waals surface area contributed by atoms with Crippen LogP contribution in [0.5, 0.6) is 0 Å². The van der Waals surface area contributed by atoms with Gasteiger partial charge in [0.05, 0.1) is 39.6 Å². The van der Waals surface area contributed by atoms with Gasteiger partial charge in [0.1, 0.15) is 24.4 Å². The van der Waals surface area contributed by atoms with Gasteiger partial charge in [-0.25, -0.2) is 0 Å². The molecule has 4 aromatic rings. The molecule has 0 aliphatic carbocycles. The molecule has 5 rings (SSSR count). The highest BCUT2D eigenvalue weighted by Crippen LogP contribution is 2.31. The molecule has 0 saturated carbocycles. The highest BCUT2D eigenvalue weighted by molar-refractivity contribution is 5.16. The summed E-state index contributed by atoms with van der Waals surface area (Å²) in [6.07, 6.45) is 3.13. The first-order valence-corrected chi connectivity index (χ1v) is 15.1. The highest BCUT2D eigenvalue weighted by atomic mass is 16.7. The normalized spacial score (nSPS) is 21.5. The van der Waals surface area contributed by atoms with Crippen molar-refractivity contribution in [1.82, 2.24) is 0 Å². The topological polar surface area (TPSA) is 55.4 Å². The molecular weight excluding hydrogens is 552 g/mol. The van der Waals surface area contributed by atoms with Gasteiger partial charge in [0.15, 0.2) is 6.29 Å². The smallest absolute Gasteiger partial charge is 0.186 e. The van der Waals surface area contributed by atoms with E-state index in [0.29, 0.717) is 39.5 Å². The Labute approximate surface area is 260 Å². The monoisotopic (exact) mass is 592 g/mol. The molecule has 1 saturated heterocycles. The largest absolute Gasteiger partial charge is 0.374 e. The first-order valence-electron chi connectivity index (χ1n) is 15.1. The van der Waals surface area contributed by atoms with E-state index in [1.807, 2.05) is 121 Å². The van der Waals surface area contributed by atoms with Crippen molar-refractivity contribution in [2.24, 2.45) is 0 Å². The molecule has 6 heteroatoms.